The molecule has 2 aromatic carbocycles. The Morgan fingerprint density at radius 1 is 1.07 bits per heavy atom. The topological polar surface area (TPSA) is 102 Å². The van der Waals surface area contributed by atoms with Crippen molar-refractivity contribution >= 4 is 45.2 Å². The van der Waals surface area contributed by atoms with Crippen molar-refractivity contribution in [3.8, 4) is 11.5 Å². The zero-order valence-electron chi connectivity index (χ0n) is 14.7. The second kappa shape index (κ2) is 9.52. The average molecular weight is 461 g/mol. The Hall–Kier alpha value is -2.65. The fraction of sp³-hybridized carbons (Fsp3) is 0.158. The van der Waals surface area contributed by atoms with Crippen LogP contribution in [-0.2, 0) is 9.59 Å². The van der Waals surface area contributed by atoms with E-state index >= 15 is 0 Å². The van der Waals surface area contributed by atoms with Crippen LogP contribution in [-0.4, -0.2) is 34.3 Å². The van der Waals surface area contributed by atoms with Crippen molar-refractivity contribution in [2.45, 2.75) is 11.6 Å². The number of carbonyl (C=O) groups excluding carboxylic acids is 2. The summed E-state index contributed by atoms with van der Waals surface area (Å²) < 4.78 is 6.58. The van der Waals surface area contributed by atoms with E-state index in [4.69, 9.17) is 10.2 Å². The molecule has 2 amide bonds. The minimum absolute atomic E-state index is 0.0829. The maximum atomic E-state index is 12.7. The third-order valence-corrected chi connectivity index (χ3v) is 5.10. The molecule has 0 saturated heterocycles. The van der Waals surface area contributed by atoms with Crippen LogP contribution in [0.25, 0.3) is 11.5 Å². The second-order valence-corrected chi connectivity index (χ2v) is 7.61. The molecule has 0 fully saturated rings. The van der Waals surface area contributed by atoms with Crippen LogP contribution in [0.15, 0.2) is 68.7 Å². The summed E-state index contributed by atoms with van der Waals surface area (Å²) in [4.78, 5) is 25.4. The first-order valence-electron chi connectivity index (χ1n) is 8.39. The lowest BCUT2D eigenvalue weighted by Gasteiger charge is -2.21. The first-order valence-corrected chi connectivity index (χ1v) is 10.2. The minimum atomic E-state index is -0.461. The fourth-order valence-electron chi connectivity index (χ4n) is 2.41. The molecular weight excluding hydrogens is 444 g/mol. The van der Waals surface area contributed by atoms with Crippen molar-refractivity contribution < 1.29 is 14.0 Å². The molecule has 0 aliphatic rings. The molecule has 3 rings (SSSR count). The van der Waals surface area contributed by atoms with Crippen LogP contribution in [0.4, 0.5) is 5.69 Å². The molecule has 0 bridgehead atoms. The van der Waals surface area contributed by atoms with Gasteiger partial charge in [0.2, 0.25) is 17.7 Å². The Balaban J connectivity index is 1.65. The number of benzene rings is 2. The van der Waals surface area contributed by atoms with Crippen molar-refractivity contribution in [1.82, 2.24) is 10.2 Å². The summed E-state index contributed by atoms with van der Waals surface area (Å²) in [5.74, 6) is -0.162. The smallest absolute Gasteiger partial charge is 0.277 e. The third kappa shape index (κ3) is 5.43. The predicted molar refractivity (Wildman–Crippen MR) is 111 cm³/mol. The predicted octanol–water partition coefficient (Wildman–Crippen LogP) is 3.50. The highest BCUT2D eigenvalue weighted by Gasteiger charge is 2.18. The van der Waals surface area contributed by atoms with Crippen LogP contribution in [0.5, 0.6) is 0 Å². The van der Waals surface area contributed by atoms with Gasteiger partial charge < -0.3 is 15.1 Å². The molecule has 0 saturated carbocycles. The molecule has 28 heavy (non-hydrogen) atoms. The summed E-state index contributed by atoms with van der Waals surface area (Å²) in [6.45, 7) is 0.215. The lowest BCUT2D eigenvalue weighted by molar-refractivity contribution is -0.118. The first-order chi connectivity index (χ1) is 13.5. The number of anilines is 1. The molecule has 0 radical (unpaired) electrons. The van der Waals surface area contributed by atoms with Crippen molar-refractivity contribution in [2.75, 3.05) is 17.2 Å². The van der Waals surface area contributed by atoms with E-state index in [0.717, 1.165) is 21.8 Å². The maximum absolute atomic E-state index is 12.7. The van der Waals surface area contributed by atoms with Crippen LogP contribution in [0, 0.1) is 0 Å². The maximum Gasteiger partial charge on any atom is 0.277 e. The Kier molecular flexibility index (Phi) is 6.83. The van der Waals surface area contributed by atoms with Gasteiger partial charge in [0.1, 0.15) is 0 Å². The van der Waals surface area contributed by atoms with Crippen LogP contribution in [0.2, 0.25) is 0 Å². The van der Waals surface area contributed by atoms with Crippen LogP contribution < -0.4 is 10.6 Å². The van der Waals surface area contributed by atoms with Gasteiger partial charge in [-0.3, -0.25) is 9.59 Å². The molecule has 3 aromatic rings. The van der Waals surface area contributed by atoms with Gasteiger partial charge in [-0.05, 0) is 36.4 Å². The zero-order chi connectivity index (χ0) is 19.9. The molecule has 0 aliphatic carbocycles. The highest BCUT2D eigenvalue weighted by Crippen LogP contribution is 2.25. The van der Waals surface area contributed by atoms with Gasteiger partial charge in [0.25, 0.3) is 5.22 Å². The lowest BCUT2D eigenvalue weighted by Crippen LogP contribution is -2.35. The number of nitrogens with two attached hydrogens (primary N) is 1. The Labute approximate surface area is 174 Å². The lowest BCUT2D eigenvalue weighted by atomic mass is 10.2. The van der Waals surface area contributed by atoms with Gasteiger partial charge in [0.05, 0.1) is 5.75 Å². The highest BCUT2D eigenvalue weighted by molar-refractivity contribution is 9.10. The number of para-hydroxylation sites is 1. The van der Waals surface area contributed by atoms with Gasteiger partial charge in [-0.2, -0.15) is 0 Å². The van der Waals surface area contributed by atoms with E-state index in [1.165, 1.54) is 4.90 Å². The summed E-state index contributed by atoms with van der Waals surface area (Å²) >= 11 is 4.52. The quantitative estimate of drug-likeness (QED) is 0.516. The van der Waals surface area contributed by atoms with Gasteiger partial charge in [-0.25, -0.2) is 0 Å². The van der Waals surface area contributed by atoms with E-state index in [1.807, 2.05) is 54.6 Å². The molecule has 0 spiro atoms. The second-order valence-electron chi connectivity index (χ2n) is 5.77. The van der Waals surface area contributed by atoms with E-state index in [1.54, 1.807) is 0 Å². The van der Waals surface area contributed by atoms with Crippen molar-refractivity contribution in [2.24, 2.45) is 5.73 Å². The summed E-state index contributed by atoms with van der Waals surface area (Å²) in [5.41, 5.74) is 6.73. The number of carbonyl (C=O) groups is 2. The number of rotatable bonds is 8. The van der Waals surface area contributed by atoms with Gasteiger partial charge >= 0.3 is 0 Å². The molecule has 1 aromatic heterocycles. The number of halogens is 1. The zero-order valence-corrected chi connectivity index (χ0v) is 17.1. The van der Waals surface area contributed by atoms with E-state index in [0.29, 0.717) is 16.8 Å². The highest BCUT2D eigenvalue weighted by atomic mass is 79.9. The Morgan fingerprint density at radius 2 is 1.79 bits per heavy atom. The SMILES string of the molecule is NC(=O)CCN(C(=O)CSc1nnc(-c2ccc(Br)cc2)o1)c1ccccc1. The molecule has 0 aliphatic heterocycles. The molecule has 1 heterocycles. The summed E-state index contributed by atoms with van der Waals surface area (Å²) in [5, 5.41) is 8.30. The van der Waals surface area contributed by atoms with E-state index in [9.17, 15) is 9.59 Å². The average Bonchev–Trinajstić information content (AvgIpc) is 3.17. The third-order valence-electron chi connectivity index (χ3n) is 3.77. The van der Waals surface area contributed by atoms with Gasteiger partial charge in [-0.1, -0.05) is 45.9 Å². The van der Waals surface area contributed by atoms with Crippen LogP contribution in [0.1, 0.15) is 6.42 Å². The van der Waals surface area contributed by atoms with E-state index in [-0.39, 0.29) is 24.6 Å². The molecule has 9 heteroatoms. The number of thioether (sulfide) groups is 1. The van der Waals surface area contributed by atoms with Gasteiger partial charge in [0.15, 0.2) is 0 Å². The van der Waals surface area contributed by atoms with Crippen molar-refractivity contribution in [3.63, 3.8) is 0 Å². The van der Waals surface area contributed by atoms with Crippen LogP contribution >= 0.6 is 27.7 Å². The Morgan fingerprint density at radius 3 is 2.46 bits per heavy atom. The Bertz CT molecular complexity index is 947. The molecule has 0 unspecified atom stereocenters. The van der Waals surface area contributed by atoms with Gasteiger partial charge in [-0.15, -0.1) is 10.2 Å². The molecule has 0 atom stereocenters. The number of nitrogens with zero attached hydrogens (tertiary/aromatic N) is 3. The summed E-state index contributed by atoms with van der Waals surface area (Å²) in [7, 11) is 0. The fourth-order valence-corrected chi connectivity index (χ4v) is 3.31. The number of amides is 2. The standard InChI is InChI=1S/C19H17BrN4O3S/c20-14-8-6-13(7-9-14)18-22-23-19(27-18)28-12-17(26)24(11-10-16(21)25)15-4-2-1-3-5-15/h1-9H,10-12H2,(H2,21,25). The number of aromatic nitrogens is 2. The summed E-state index contributed by atoms with van der Waals surface area (Å²) in [6.07, 6.45) is 0.0829. The van der Waals surface area contributed by atoms with Crippen molar-refractivity contribution in [1.29, 1.82) is 0 Å². The number of hydrogen-bond acceptors (Lipinski definition) is 6. The van der Waals surface area contributed by atoms with Gasteiger partial charge in [0, 0.05) is 28.7 Å². The molecule has 144 valence electrons. The molecular formula is C19H17BrN4O3S. The normalized spacial score (nSPS) is 10.6. The molecule has 7 nitrogen and oxygen atoms in total. The van der Waals surface area contributed by atoms with E-state index in [2.05, 4.69) is 26.1 Å². The monoisotopic (exact) mass is 460 g/mol. The minimum Gasteiger partial charge on any atom is -0.411 e. The van der Waals surface area contributed by atoms with E-state index < -0.39 is 5.91 Å². The number of hydrogen-bond donors (Lipinski definition) is 1. The first kappa shape index (κ1) is 20.1. The number of primary amides is 1. The van der Waals surface area contributed by atoms with Crippen LogP contribution in [0.3, 0.4) is 0 Å². The summed E-state index contributed by atoms with van der Waals surface area (Å²) in [6, 6.07) is 16.6. The largest absolute Gasteiger partial charge is 0.411 e. The molecule has 2 N–H and O–H groups in total. The van der Waals surface area contributed by atoms with Crippen molar-refractivity contribution in [3.05, 3.63) is 59.1 Å².